The average Bonchev–Trinajstić information content (AvgIpc) is 3.95. The van der Waals surface area contributed by atoms with Gasteiger partial charge in [-0.25, -0.2) is 0 Å². The molecule has 0 radical (unpaired) electrons. The highest BCUT2D eigenvalue weighted by atomic mass is 32.1. The molecule has 7 amide bonds. The Bertz CT molecular complexity index is 2020. The maximum Gasteiger partial charge on any atom is 0.248 e. The summed E-state index contributed by atoms with van der Waals surface area (Å²) in [7, 11) is 0. The highest BCUT2D eigenvalue weighted by Crippen LogP contribution is 2.27. The van der Waals surface area contributed by atoms with Crippen LogP contribution in [0, 0.1) is 11.8 Å². The van der Waals surface area contributed by atoms with Gasteiger partial charge in [-0.05, 0) is 68.7 Å². The van der Waals surface area contributed by atoms with Crippen LogP contribution in [0.3, 0.4) is 0 Å². The number of aromatic hydroxyl groups is 1. The number of nitrogens with zero attached hydrogens (tertiary/aromatic N) is 2. The smallest absolute Gasteiger partial charge is 0.248 e. The normalized spacial score (nSPS) is 29.3. The molecule has 23 nitrogen and oxygen atoms in total. The van der Waals surface area contributed by atoms with E-state index in [1.807, 2.05) is 0 Å². The zero-order valence-electron chi connectivity index (χ0n) is 42.9. The van der Waals surface area contributed by atoms with Crippen molar-refractivity contribution < 1.29 is 74.4 Å². The number of benzene rings is 1. The van der Waals surface area contributed by atoms with Gasteiger partial charge in [-0.2, -0.15) is 12.6 Å². The van der Waals surface area contributed by atoms with Gasteiger partial charge < -0.3 is 83.0 Å². The summed E-state index contributed by atoms with van der Waals surface area (Å²) in [6.45, 7) is 6.83. The second-order valence-corrected chi connectivity index (χ2v) is 21.0. The van der Waals surface area contributed by atoms with Crippen LogP contribution in [0.4, 0.5) is 0 Å². The van der Waals surface area contributed by atoms with Gasteiger partial charge >= 0.3 is 0 Å². The summed E-state index contributed by atoms with van der Waals surface area (Å²) < 4.78 is 0. The van der Waals surface area contributed by atoms with Gasteiger partial charge in [0.2, 0.25) is 41.4 Å². The predicted molar refractivity (Wildman–Crippen MR) is 272 cm³/mol. The van der Waals surface area contributed by atoms with E-state index in [9.17, 15) is 74.4 Å². The van der Waals surface area contributed by atoms with Crippen molar-refractivity contribution in [2.75, 3.05) is 19.6 Å². The fourth-order valence-electron chi connectivity index (χ4n) is 9.81. The molecule has 0 spiro atoms. The Balaban J connectivity index is 1.68. The summed E-state index contributed by atoms with van der Waals surface area (Å²) in [6.07, 6.45) is -5.28. The van der Waals surface area contributed by atoms with Crippen LogP contribution in [0.15, 0.2) is 24.3 Å². The van der Waals surface area contributed by atoms with E-state index in [4.69, 9.17) is 5.73 Å². The first-order chi connectivity index (χ1) is 35.0. The van der Waals surface area contributed by atoms with Gasteiger partial charge in [0.15, 0.2) is 0 Å². The number of nitrogens with two attached hydrogens (primary N) is 1. The van der Waals surface area contributed by atoms with Crippen LogP contribution in [0.25, 0.3) is 0 Å². The average molecular weight is 1070 g/mol. The third kappa shape index (κ3) is 17.4. The van der Waals surface area contributed by atoms with Crippen molar-refractivity contribution >= 4 is 54.0 Å². The van der Waals surface area contributed by atoms with E-state index < -0.39 is 145 Å². The van der Waals surface area contributed by atoms with Crippen molar-refractivity contribution in [3.8, 4) is 5.75 Å². The molecule has 0 saturated carbocycles. The molecule has 1 aromatic rings. The minimum Gasteiger partial charge on any atom is -0.508 e. The molecule has 16 atom stereocenters. The van der Waals surface area contributed by atoms with Crippen LogP contribution in [-0.2, 0) is 33.6 Å². The predicted octanol–water partition coefficient (Wildman–Crippen LogP) is -1.93. The molecule has 3 aliphatic rings. The fourth-order valence-corrected chi connectivity index (χ4v) is 10.1. The number of nitrogens with one attached hydrogen (secondary N) is 5. The van der Waals surface area contributed by atoms with Crippen molar-refractivity contribution in [1.29, 1.82) is 0 Å². The quantitative estimate of drug-likeness (QED) is 0.0500. The van der Waals surface area contributed by atoms with Gasteiger partial charge in [-0.1, -0.05) is 77.8 Å². The molecule has 74 heavy (non-hydrogen) atoms. The lowest BCUT2D eigenvalue weighted by Crippen LogP contribution is -2.64. The summed E-state index contributed by atoms with van der Waals surface area (Å²) in [5, 5.41) is 98.9. The van der Waals surface area contributed by atoms with Crippen molar-refractivity contribution in [2.45, 2.75) is 202 Å². The minimum absolute atomic E-state index is 0.0164. The van der Waals surface area contributed by atoms with Crippen LogP contribution < -0.4 is 32.3 Å². The maximum atomic E-state index is 14.4. The van der Waals surface area contributed by atoms with E-state index >= 15 is 0 Å². The Morgan fingerprint density at radius 1 is 0.743 bits per heavy atom. The summed E-state index contributed by atoms with van der Waals surface area (Å²) in [4.78, 5) is 101. The lowest BCUT2D eigenvalue weighted by molar-refractivity contribution is -0.148. The molecule has 3 heterocycles. The van der Waals surface area contributed by atoms with Gasteiger partial charge in [0, 0.05) is 32.4 Å². The number of hydrogen-bond donors (Lipinski definition) is 15. The zero-order valence-corrected chi connectivity index (χ0v) is 43.8. The molecule has 15 N–H and O–H groups in total. The number of hydrogen-bond acceptors (Lipinski definition) is 17. The summed E-state index contributed by atoms with van der Waals surface area (Å²) in [5.74, 6) is -6.41. The Morgan fingerprint density at radius 2 is 1.35 bits per heavy atom. The monoisotopic (exact) mass is 1070 g/mol. The maximum absolute atomic E-state index is 14.4. The summed E-state index contributed by atoms with van der Waals surface area (Å²) in [6, 6.07) is -6.31. The molecule has 0 aliphatic carbocycles. The molecule has 24 heteroatoms. The first kappa shape index (κ1) is 61.9. The summed E-state index contributed by atoms with van der Waals surface area (Å²) >= 11 is 4.36. The second kappa shape index (κ2) is 29.6. The van der Waals surface area contributed by atoms with Crippen LogP contribution >= 0.6 is 12.6 Å². The van der Waals surface area contributed by atoms with E-state index in [1.54, 1.807) is 0 Å². The fraction of sp³-hybridized carbons (Fsp3) is 0.740. The number of carbonyl (C=O) groups excluding carboxylic acids is 7. The molecule has 1 unspecified atom stereocenters. The number of thiol groups is 1. The topological polar surface area (TPSA) is 374 Å². The van der Waals surface area contributed by atoms with Crippen molar-refractivity contribution in [3.05, 3.63) is 29.8 Å². The van der Waals surface area contributed by atoms with E-state index in [-0.39, 0.29) is 43.7 Å². The lowest BCUT2D eigenvalue weighted by Gasteiger charge is -2.34. The lowest BCUT2D eigenvalue weighted by atomic mass is 9.91. The zero-order chi connectivity index (χ0) is 55.0. The molecule has 418 valence electrons. The Morgan fingerprint density at radius 3 is 1.99 bits per heavy atom. The van der Waals surface area contributed by atoms with Gasteiger partial charge in [-0.3, -0.25) is 33.6 Å². The molecular formula is C50H82N8O15S. The molecule has 3 saturated heterocycles. The number of phenolic OH excluding ortho intramolecular Hbond substituents is 1. The third-order valence-corrected chi connectivity index (χ3v) is 14.8. The number of aliphatic hydroxyl groups excluding tert-OH is 7. The van der Waals surface area contributed by atoms with Crippen LogP contribution in [0.2, 0.25) is 0 Å². The SMILES string of the molecule is CC[C@H](C)C[C@H](C)CCCCCCCCC(=O)NC1C[C@@H](O)[C@@H](S)NC(=O)[C@@H]2[C@@H](O)CCN2C(=O)[C@H]([C@H](O)CCN)NC(=O)[C@H]([C@H](O)[C@@H](O)c2ccc(O)cc2)NC(=O)[C@@H]2C[C@@H](O)CN2C(=O)[C@H]([C@@H](C)O)NC1=O. The molecule has 1 aromatic carbocycles. The van der Waals surface area contributed by atoms with Crippen molar-refractivity contribution in [1.82, 2.24) is 36.4 Å². The summed E-state index contributed by atoms with van der Waals surface area (Å²) in [5.41, 5.74) is 5.66. The number of carbonyl (C=O) groups is 7. The Kier molecular flexibility index (Phi) is 24.7. The minimum atomic E-state index is -2.27. The third-order valence-electron chi connectivity index (χ3n) is 14.4. The van der Waals surface area contributed by atoms with Gasteiger partial charge in [0.1, 0.15) is 54.2 Å². The number of phenols is 1. The largest absolute Gasteiger partial charge is 0.508 e. The molecular weight excluding hydrogens is 985 g/mol. The van der Waals surface area contributed by atoms with Gasteiger partial charge in [-0.15, -0.1) is 0 Å². The van der Waals surface area contributed by atoms with E-state index in [2.05, 4.69) is 60.0 Å². The second-order valence-electron chi connectivity index (χ2n) is 20.5. The van der Waals surface area contributed by atoms with Crippen molar-refractivity contribution in [2.24, 2.45) is 17.6 Å². The molecule has 3 fully saturated rings. The van der Waals surface area contributed by atoms with E-state index in [1.165, 1.54) is 30.7 Å². The van der Waals surface area contributed by atoms with Gasteiger partial charge in [0.25, 0.3) is 0 Å². The Hall–Kier alpha value is -4.66. The highest BCUT2D eigenvalue weighted by molar-refractivity contribution is 7.81. The number of amides is 7. The number of fused-ring (bicyclic) bond motifs is 2. The van der Waals surface area contributed by atoms with Crippen molar-refractivity contribution in [3.63, 3.8) is 0 Å². The molecule has 0 aromatic heterocycles. The Labute approximate surface area is 438 Å². The molecule has 0 bridgehead atoms. The van der Waals surface area contributed by atoms with Gasteiger partial charge in [0.05, 0.1) is 35.9 Å². The van der Waals surface area contributed by atoms with E-state index in [0.717, 1.165) is 61.7 Å². The first-order valence-corrected chi connectivity index (χ1v) is 26.6. The number of rotatable bonds is 20. The van der Waals surface area contributed by atoms with E-state index in [0.29, 0.717) is 18.3 Å². The van der Waals surface area contributed by atoms with Crippen LogP contribution in [0.5, 0.6) is 5.75 Å². The molecule has 3 aliphatic heterocycles. The first-order valence-electron chi connectivity index (χ1n) is 26.0. The van der Waals surface area contributed by atoms with Crippen LogP contribution in [-0.4, -0.2) is 190 Å². The number of aliphatic hydroxyl groups is 7. The highest BCUT2D eigenvalue weighted by Gasteiger charge is 2.48. The molecule has 4 rings (SSSR count). The standard InChI is InChI=1S/C50H82N8O15S/c1-5-26(2)22-27(3)12-10-8-6-7-9-11-13-37(65)52-32-24-36(64)48(74)56-47(71)41-35(63)19-21-57(41)50(73)39(34(62)18-20-51)54-46(70)40(43(67)42(66)29-14-16-30(60)17-15-29)55-45(69)33-23-31(61)25-58(33)49(72)38(28(4)59)53-44(32)68/h14-17,26-28,31-36,38-43,48,59-64,66-67,74H,5-13,18-25,51H2,1-4H3,(H,52,65)(H,53,68)(H,54,70)(H,55,69)(H,56,71)/t26-,27+,28+,31+,32?,33-,34+,35-,36+,38-,39-,40-,41-,42-,43-,48+/m0/s1. The van der Waals surface area contributed by atoms with Crippen LogP contribution in [0.1, 0.15) is 129 Å². The number of unbranched alkanes of at least 4 members (excludes halogenated alkanes) is 5.